The molecule has 0 spiro atoms. The Hall–Kier alpha value is -2.40. The third kappa shape index (κ3) is 3.79. The number of amides is 1. The molecule has 2 aromatic rings. The van der Waals surface area contributed by atoms with Gasteiger partial charge in [0.1, 0.15) is 10.7 Å². The average molecular weight is 300 g/mol. The van der Waals surface area contributed by atoms with E-state index in [9.17, 15) is 4.79 Å². The molecule has 3 N–H and O–H groups in total. The highest BCUT2D eigenvalue weighted by molar-refractivity contribution is 7.80. The molecule has 0 atom stereocenters. The summed E-state index contributed by atoms with van der Waals surface area (Å²) in [5.41, 5.74) is 7.43. The van der Waals surface area contributed by atoms with Crippen molar-refractivity contribution in [1.82, 2.24) is 0 Å². The van der Waals surface area contributed by atoms with Gasteiger partial charge in [-0.2, -0.15) is 0 Å². The van der Waals surface area contributed by atoms with Gasteiger partial charge in [-0.1, -0.05) is 36.5 Å². The summed E-state index contributed by atoms with van der Waals surface area (Å²) in [5, 5.41) is 2.83. The van der Waals surface area contributed by atoms with Crippen LogP contribution in [0.5, 0.6) is 5.75 Å². The average Bonchev–Trinajstić information content (AvgIpc) is 2.49. The zero-order chi connectivity index (χ0) is 15.2. The lowest BCUT2D eigenvalue weighted by Gasteiger charge is -2.11. The van der Waals surface area contributed by atoms with E-state index < -0.39 is 0 Å². The molecule has 0 fully saturated rings. The van der Waals surface area contributed by atoms with Gasteiger partial charge in [0.05, 0.1) is 12.3 Å². The predicted octanol–water partition coefficient (Wildman–Crippen LogP) is 2.97. The van der Waals surface area contributed by atoms with Gasteiger partial charge in [-0.3, -0.25) is 4.79 Å². The smallest absolute Gasteiger partial charge is 0.255 e. The van der Waals surface area contributed by atoms with Gasteiger partial charge in [-0.05, 0) is 31.2 Å². The van der Waals surface area contributed by atoms with Crippen LogP contribution in [0.2, 0.25) is 0 Å². The molecule has 0 aliphatic carbocycles. The predicted molar refractivity (Wildman–Crippen MR) is 87.9 cm³/mol. The van der Waals surface area contributed by atoms with Gasteiger partial charge in [0.15, 0.2) is 0 Å². The highest BCUT2D eigenvalue weighted by Gasteiger charge is 2.09. The molecule has 21 heavy (non-hydrogen) atoms. The molecular weight excluding hydrogens is 284 g/mol. The summed E-state index contributed by atoms with van der Waals surface area (Å²) in [7, 11) is 0. The van der Waals surface area contributed by atoms with E-state index in [1.54, 1.807) is 30.3 Å². The van der Waals surface area contributed by atoms with E-state index in [2.05, 4.69) is 5.32 Å². The number of nitrogens with one attached hydrogen (secondary N) is 1. The van der Waals surface area contributed by atoms with Crippen LogP contribution in [0.25, 0.3) is 0 Å². The number of nitrogens with two attached hydrogens (primary N) is 1. The number of benzene rings is 2. The Morgan fingerprint density at radius 2 is 1.76 bits per heavy atom. The Morgan fingerprint density at radius 1 is 1.14 bits per heavy atom. The van der Waals surface area contributed by atoms with Gasteiger partial charge in [0.25, 0.3) is 5.91 Å². The van der Waals surface area contributed by atoms with Crippen LogP contribution in [0.4, 0.5) is 5.69 Å². The quantitative estimate of drug-likeness (QED) is 0.833. The molecule has 108 valence electrons. The maximum atomic E-state index is 12.2. The number of carbonyl (C=O) groups excluding carboxylic acids is 1. The van der Waals surface area contributed by atoms with Crippen molar-refractivity contribution in [1.29, 1.82) is 0 Å². The molecule has 5 heteroatoms. The van der Waals surface area contributed by atoms with Crippen molar-refractivity contribution in [2.75, 3.05) is 11.9 Å². The summed E-state index contributed by atoms with van der Waals surface area (Å²) >= 11 is 4.88. The lowest BCUT2D eigenvalue weighted by Crippen LogP contribution is -2.14. The SMILES string of the molecule is CCOc1ccccc1NC(=O)c1ccc(C(N)=S)cc1. The third-order valence-electron chi connectivity index (χ3n) is 2.87. The van der Waals surface area contributed by atoms with Gasteiger partial charge in [0.2, 0.25) is 0 Å². The molecule has 2 rings (SSSR count). The Morgan fingerprint density at radius 3 is 2.38 bits per heavy atom. The first-order chi connectivity index (χ1) is 10.1. The number of ether oxygens (including phenoxy) is 1. The Labute approximate surface area is 128 Å². The van der Waals surface area contributed by atoms with E-state index in [0.29, 0.717) is 28.6 Å². The van der Waals surface area contributed by atoms with E-state index in [4.69, 9.17) is 22.7 Å². The van der Waals surface area contributed by atoms with Crippen LogP contribution in [0, 0.1) is 0 Å². The van der Waals surface area contributed by atoms with Crippen molar-refractivity contribution < 1.29 is 9.53 Å². The van der Waals surface area contributed by atoms with Crippen molar-refractivity contribution in [3.63, 3.8) is 0 Å². The molecular formula is C16H16N2O2S. The Bertz CT molecular complexity index is 654. The zero-order valence-electron chi connectivity index (χ0n) is 11.6. The first-order valence-electron chi connectivity index (χ1n) is 6.55. The van der Waals surface area contributed by atoms with Gasteiger partial charge >= 0.3 is 0 Å². The van der Waals surface area contributed by atoms with Gasteiger partial charge in [-0.25, -0.2) is 0 Å². The maximum Gasteiger partial charge on any atom is 0.255 e. The topological polar surface area (TPSA) is 64.3 Å². The summed E-state index contributed by atoms with van der Waals surface area (Å²) in [6.07, 6.45) is 0. The van der Waals surface area contributed by atoms with Gasteiger partial charge in [0, 0.05) is 11.1 Å². The van der Waals surface area contributed by atoms with Crippen molar-refractivity contribution in [3.05, 3.63) is 59.7 Å². The van der Waals surface area contributed by atoms with Crippen molar-refractivity contribution in [2.45, 2.75) is 6.92 Å². The van der Waals surface area contributed by atoms with Crippen LogP contribution in [0.15, 0.2) is 48.5 Å². The van der Waals surface area contributed by atoms with Crippen LogP contribution >= 0.6 is 12.2 Å². The zero-order valence-corrected chi connectivity index (χ0v) is 12.4. The van der Waals surface area contributed by atoms with Crippen LogP contribution in [0.3, 0.4) is 0 Å². The Kier molecular flexibility index (Phi) is 4.90. The first kappa shape index (κ1) is 15.0. The summed E-state index contributed by atoms with van der Waals surface area (Å²) in [6, 6.07) is 14.1. The molecule has 4 nitrogen and oxygen atoms in total. The maximum absolute atomic E-state index is 12.2. The lowest BCUT2D eigenvalue weighted by molar-refractivity contribution is 0.102. The van der Waals surface area contributed by atoms with Crippen molar-refractivity contribution >= 4 is 28.8 Å². The largest absolute Gasteiger partial charge is 0.492 e. The second kappa shape index (κ2) is 6.85. The normalized spacial score (nSPS) is 9.95. The molecule has 0 saturated heterocycles. The van der Waals surface area contributed by atoms with Crippen LogP contribution in [-0.2, 0) is 0 Å². The van der Waals surface area contributed by atoms with E-state index >= 15 is 0 Å². The van der Waals surface area contributed by atoms with E-state index in [1.165, 1.54) is 0 Å². The minimum Gasteiger partial charge on any atom is -0.492 e. The minimum absolute atomic E-state index is 0.211. The summed E-state index contributed by atoms with van der Waals surface area (Å²) in [5.74, 6) is 0.435. The molecule has 0 saturated carbocycles. The van der Waals surface area contributed by atoms with Gasteiger partial charge < -0.3 is 15.8 Å². The molecule has 2 aromatic carbocycles. The Balaban J connectivity index is 2.16. The minimum atomic E-state index is -0.211. The number of anilines is 1. The number of carbonyl (C=O) groups is 1. The molecule has 0 aromatic heterocycles. The summed E-state index contributed by atoms with van der Waals surface area (Å²) in [4.78, 5) is 12.5. The highest BCUT2D eigenvalue weighted by Crippen LogP contribution is 2.24. The number of thiocarbonyl (C=S) groups is 1. The van der Waals surface area contributed by atoms with E-state index in [0.717, 1.165) is 5.56 Å². The fourth-order valence-corrected chi connectivity index (χ4v) is 1.97. The highest BCUT2D eigenvalue weighted by atomic mass is 32.1. The van der Waals surface area contributed by atoms with E-state index in [-0.39, 0.29) is 5.91 Å². The van der Waals surface area contributed by atoms with E-state index in [1.807, 2.05) is 25.1 Å². The summed E-state index contributed by atoms with van der Waals surface area (Å²) in [6.45, 7) is 2.43. The van der Waals surface area contributed by atoms with Crippen LogP contribution in [0.1, 0.15) is 22.8 Å². The third-order valence-corrected chi connectivity index (χ3v) is 3.10. The summed E-state index contributed by atoms with van der Waals surface area (Å²) < 4.78 is 5.48. The molecule has 0 heterocycles. The monoisotopic (exact) mass is 300 g/mol. The lowest BCUT2D eigenvalue weighted by atomic mass is 10.1. The fraction of sp³-hybridized carbons (Fsp3) is 0.125. The molecule has 0 aliphatic heterocycles. The second-order valence-corrected chi connectivity index (χ2v) is 4.76. The molecule has 0 aliphatic rings. The molecule has 0 radical (unpaired) electrons. The number of para-hydroxylation sites is 2. The van der Waals surface area contributed by atoms with Gasteiger partial charge in [-0.15, -0.1) is 0 Å². The second-order valence-electron chi connectivity index (χ2n) is 4.32. The number of rotatable bonds is 5. The van der Waals surface area contributed by atoms with Crippen molar-refractivity contribution in [3.8, 4) is 5.75 Å². The first-order valence-corrected chi connectivity index (χ1v) is 6.95. The van der Waals surface area contributed by atoms with Crippen LogP contribution in [-0.4, -0.2) is 17.5 Å². The van der Waals surface area contributed by atoms with Crippen LogP contribution < -0.4 is 15.8 Å². The molecule has 0 bridgehead atoms. The molecule has 0 unspecified atom stereocenters. The standard InChI is InChI=1S/C16H16N2O2S/c1-2-20-14-6-4-3-5-13(14)18-16(19)12-9-7-11(8-10-12)15(17)21/h3-10H,2H2,1H3,(H2,17,21)(H,18,19). The van der Waals surface area contributed by atoms with Crippen molar-refractivity contribution in [2.24, 2.45) is 5.73 Å². The number of hydrogen-bond acceptors (Lipinski definition) is 3. The molecule has 1 amide bonds. The fourth-order valence-electron chi connectivity index (χ4n) is 1.83. The number of hydrogen-bond donors (Lipinski definition) is 2.